The van der Waals surface area contributed by atoms with Gasteiger partial charge in [0.1, 0.15) is 0 Å². The minimum Gasteiger partial charge on any atom is -0.493 e. The van der Waals surface area contributed by atoms with Gasteiger partial charge in [0.05, 0.1) is 20.8 Å². The molecule has 232 valence electrons. The molecular weight excluding hydrogens is 526 g/mol. The van der Waals surface area contributed by atoms with E-state index in [4.69, 9.17) is 14.2 Å². The number of unbranched alkanes of at least 4 members (excludes halogenated alkanes) is 7. The minimum atomic E-state index is -0.161. The third kappa shape index (κ3) is 10.6. The lowest BCUT2D eigenvalue weighted by Crippen LogP contribution is -2.53. The second-order valence-electron chi connectivity index (χ2n) is 12.2. The van der Waals surface area contributed by atoms with Crippen LogP contribution < -0.4 is 24.5 Å². The normalized spacial score (nSPS) is 14.3. The first kappa shape index (κ1) is 33.3. The molecule has 1 heterocycles. The fourth-order valence-corrected chi connectivity index (χ4v) is 5.16. The molecule has 7 heteroatoms. The van der Waals surface area contributed by atoms with Crippen molar-refractivity contribution in [3.05, 3.63) is 53.6 Å². The zero-order valence-corrected chi connectivity index (χ0v) is 26.8. The summed E-state index contributed by atoms with van der Waals surface area (Å²) < 4.78 is 17.3. The van der Waals surface area contributed by atoms with Gasteiger partial charge in [0.15, 0.2) is 11.5 Å². The number of anilines is 1. The molecule has 0 aliphatic carbocycles. The highest BCUT2D eigenvalue weighted by Gasteiger charge is 2.20. The second kappa shape index (κ2) is 17.1. The van der Waals surface area contributed by atoms with Gasteiger partial charge in [-0.1, -0.05) is 84.8 Å². The predicted octanol–water partition coefficient (Wildman–Crippen LogP) is 7.39. The molecule has 1 aliphatic heterocycles. The van der Waals surface area contributed by atoms with E-state index in [1.54, 1.807) is 26.4 Å². The van der Waals surface area contributed by atoms with E-state index in [1.807, 2.05) is 17.1 Å². The van der Waals surface area contributed by atoms with Gasteiger partial charge in [0, 0.05) is 37.9 Å². The van der Waals surface area contributed by atoms with Crippen molar-refractivity contribution in [2.75, 3.05) is 51.9 Å². The average molecular weight is 580 g/mol. The van der Waals surface area contributed by atoms with Crippen molar-refractivity contribution in [3.8, 4) is 17.2 Å². The average Bonchev–Trinajstić information content (AvgIpc) is 2.99. The number of carbonyl (C=O) groups is 1. The number of benzene rings is 2. The number of rotatable bonds is 16. The van der Waals surface area contributed by atoms with Gasteiger partial charge in [0.25, 0.3) is 5.91 Å². The molecule has 0 unspecified atom stereocenters. The summed E-state index contributed by atoms with van der Waals surface area (Å²) in [6.45, 7) is 12.8. The molecule has 0 radical (unpaired) electrons. The van der Waals surface area contributed by atoms with Crippen LogP contribution in [0.15, 0.2) is 42.5 Å². The van der Waals surface area contributed by atoms with Crippen LogP contribution in [0.5, 0.6) is 17.2 Å². The number of methoxy groups -OCH3 is 2. The maximum atomic E-state index is 12.7. The summed E-state index contributed by atoms with van der Waals surface area (Å²) in [5.74, 6) is 1.64. The van der Waals surface area contributed by atoms with E-state index >= 15 is 0 Å². The number of carbonyl (C=O) groups excluding carboxylic acids is 1. The molecule has 1 N–H and O–H groups in total. The highest BCUT2D eigenvalue weighted by Crippen LogP contribution is 2.39. The molecule has 0 atom stereocenters. The molecule has 1 saturated heterocycles. The zero-order chi connectivity index (χ0) is 30.4. The van der Waals surface area contributed by atoms with Crippen molar-refractivity contribution in [1.82, 2.24) is 10.4 Å². The van der Waals surface area contributed by atoms with Crippen molar-refractivity contribution in [1.29, 1.82) is 0 Å². The number of hydrogen-bond donors (Lipinski definition) is 1. The van der Waals surface area contributed by atoms with Crippen molar-refractivity contribution < 1.29 is 19.0 Å². The van der Waals surface area contributed by atoms with Gasteiger partial charge < -0.3 is 19.1 Å². The van der Waals surface area contributed by atoms with E-state index in [2.05, 4.69) is 62.3 Å². The first-order chi connectivity index (χ1) is 20.2. The number of hydrogen-bond acceptors (Lipinski definition) is 6. The quantitative estimate of drug-likeness (QED) is 0.165. The van der Waals surface area contributed by atoms with Crippen molar-refractivity contribution >= 4 is 17.7 Å². The smallest absolute Gasteiger partial charge is 0.258 e. The van der Waals surface area contributed by atoms with Gasteiger partial charge >= 0.3 is 0 Å². The summed E-state index contributed by atoms with van der Waals surface area (Å²) >= 11 is 0. The third-order valence-electron chi connectivity index (χ3n) is 7.80. The number of hydrazine groups is 1. The Kier molecular flexibility index (Phi) is 13.5. The lowest BCUT2D eigenvalue weighted by molar-refractivity contribution is -0.121. The largest absolute Gasteiger partial charge is 0.493 e. The lowest BCUT2D eigenvalue weighted by atomic mass is 9.87. The first-order valence-corrected chi connectivity index (χ1v) is 15.7. The van der Waals surface area contributed by atoms with E-state index in [9.17, 15) is 4.79 Å². The molecule has 2 aromatic carbocycles. The molecule has 42 heavy (non-hydrogen) atoms. The molecule has 3 rings (SSSR count). The van der Waals surface area contributed by atoms with Crippen LogP contribution in [0.3, 0.4) is 0 Å². The number of ether oxygens (including phenoxy) is 3. The van der Waals surface area contributed by atoms with E-state index < -0.39 is 0 Å². The summed E-state index contributed by atoms with van der Waals surface area (Å²) in [6, 6.07) is 12.6. The zero-order valence-electron chi connectivity index (χ0n) is 26.8. The summed E-state index contributed by atoms with van der Waals surface area (Å²) in [5, 5.41) is 1.98. The van der Waals surface area contributed by atoms with Crippen LogP contribution in [-0.4, -0.2) is 57.9 Å². The summed E-state index contributed by atoms with van der Waals surface area (Å²) in [7, 11) is 3.24. The van der Waals surface area contributed by atoms with Crippen molar-refractivity contribution in [3.63, 3.8) is 0 Å². The molecule has 7 nitrogen and oxygen atoms in total. The summed E-state index contributed by atoms with van der Waals surface area (Å²) in [4.78, 5) is 15.1. The Labute approximate surface area is 254 Å². The molecule has 1 aliphatic rings. The predicted molar refractivity (Wildman–Crippen MR) is 174 cm³/mol. The second-order valence-corrected chi connectivity index (χ2v) is 12.2. The number of nitrogens with one attached hydrogen (secondary N) is 1. The molecule has 1 amide bonds. The van der Waals surface area contributed by atoms with Gasteiger partial charge in [-0.15, -0.1) is 0 Å². The van der Waals surface area contributed by atoms with Crippen LogP contribution in [0, 0.1) is 0 Å². The molecule has 1 fully saturated rings. The maximum Gasteiger partial charge on any atom is 0.258 e. The van der Waals surface area contributed by atoms with Gasteiger partial charge in [-0.25, -0.2) is 5.01 Å². The fourth-order valence-electron chi connectivity index (χ4n) is 5.16. The summed E-state index contributed by atoms with van der Waals surface area (Å²) in [6.07, 6.45) is 13.3. The molecule has 2 aromatic rings. The molecule has 0 saturated carbocycles. The third-order valence-corrected chi connectivity index (χ3v) is 7.80. The Morgan fingerprint density at radius 2 is 1.43 bits per heavy atom. The van der Waals surface area contributed by atoms with Crippen molar-refractivity contribution in [2.24, 2.45) is 0 Å². The number of piperazine rings is 1. The van der Waals surface area contributed by atoms with Gasteiger partial charge in [-0.3, -0.25) is 10.2 Å². The standard InChI is InChI=1S/C35H53N3O4/c1-7-8-9-10-11-12-13-14-25-42-34-31(40-5)26-28(27-32(34)41-6)15-20-33(39)36-38-23-21-37(22-24-38)30-18-16-29(17-19-30)35(2,3)4/h15-20,26-27H,7-14,21-25H2,1-6H3,(H,36,39). The van der Waals surface area contributed by atoms with Gasteiger partial charge in [-0.2, -0.15) is 0 Å². The monoisotopic (exact) mass is 579 g/mol. The maximum absolute atomic E-state index is 12.7. The molecular formula is C35H53N3O4. The molecule has 0 bridgehead atoms. The highest BCUT2D eigenvalue weighted by atomic mass is 16.5. The lowest BCUT2D eigenvalue weighted by Gasteiger charge is -2.36. The van der Waals surface area contributed by atoms with E-state index in [-0.39, 0.29) is 11.3 Å². The summed E-state index contributed by atoms with van der Waals surface area (Å²) in [5.41, 5.74) is 6.52. The highest BCUT2D eigenvalue weighted by molar-refractivity contribution is 5.91. The van der Waals surface area contributed by atoms with Crippen LogP contribution in [-0.2, 0) is 10.2 Å². The van der Waals surface area contributed by atoms with Crippen molar-refractivity contribution in [2.45, 2.75) is 84.5 Å². The number of amides is 1. The van der Waals surface area contributed by atoms with Gasteiger partial charge in [0.2, 0.25) is 5.75 Å². The first-order valence-electron chi connectivity index (χ1n) is 15.7. The Hall–Kier alpha value is -3.19. The Morgan fingerprint density at radius 3 is 1.98 bits per heavy atom. The fraction of sp³-hybridized carbons (Fsp3) is 0.571. The van der Waals surface area contributed by atoms with Crippen LogP contribution in [0.25, 0.3) is 6.08 Å². The topological polar surface area (TPSA) is 63.3 Å². The Morgan fingerprint density at radius 1 is 0.857 bits per heavy atom. The number of nitrogens with zero attached hydrogens (tertiary/aromatic N) is 2. The van der Waals surface area contributed by atoms with E-state index in [1.165, 1.54) is 49.8 Å². The Bertz CT molecular complexity index is 1090. The van der Waals surface area contributed by atoms with E-state index in [0.717, 1.165) is 44.6 Å². The van der Waals surface area contributed by atoms with Crippen LogP contribution in [0.1, 0.15) is 90.2 Å². The molecule has 0 spiro atoms. The Balaban J connectivity index is 1.46. The van der Waals surface area contributed by atoms with Crippen LogP contribution in [0.2, 0.25) is 0 Å². The SMILES string of the molecule is CCCCCCCCCCOc1c(OC)cc(C=CC(=O)NN2CCN(c3ccc(C(C)(C)C)cc3)CC2)cc1OC. The van der Waals surface area contributed by atoms with Crippen LogP contribution >= 0.6 is 0 Å². The van der Waals surface area contributed by atoms with Crippen LogP contribution in [0.4, 0.5) is 5.69 Å². The minimum absolute atomic E-state index is 0.147. The molecule has 0 aromatic heterocycles. The van der Waals surface area contributed by atoms with E-state index in [0.29, 0.717) is 23.9 Å². The van der Waals surface area contributed by atoms with Gasteiger partial charge in [-0.05, 0) is 53.3 Å².